The fourth-order valence-electron chi connectivity index (χ4n) is 2.80. The van der Waals surface area contributed by atoms with E-state index in [1.807, 2.05) is 0 Å². The second-order valence-electron chi connectivity index (χ2n) is 6.11. The highest BCUT2D eigenvalue weighted by Crippen LogP contribution is 2.19. The van der Waals surface area contributed by atoms with E-state index in [9.17, 15) is 18.0 Å². The van der Waals surface area contributed by atoms with Crippen LogP contribution in [-0.4, -0.2) is 48.8 Å². The molecule has 1 aromatic heterocycles. The van der Waals surface area contributed by atoms with Gasteiger partial charge in [-0.1, -0.05) is 0 Å². The van der Waals surface area contributed by atoms with Crippen molar-refractivity contribution in [2.75, 3.05) is 18.6 Å². The van der Waals surface area contributed by atoms with Gasteiger partial charge < -0.3 is 10.1 Å². The standard InChI is InChI=1S/C17H19N3O5S/c1-25-14-4-2-12(3-5-14)15-6-7-17(22)20(19-15)10-16(21)18-13-8-9-26(23,24)11-13/h2-7,13H,8-11H2,1H3,(H,18,21)/t13-/m1/s1. The van der Waals surface area contributed by atoms with Crippen LogP contribution in [0, 0.1) is 0 Å². The SMILES string of the molecule is COc1ccc(-c2ccc(=O)n(CC(=O)N[C@@H]3CCS(=O)(=O)C3)n2)cc1. The summed E-state index contributed by atoms with van der Waals surface area (Å²) in [6.07, 6.45) is 0.391. The summed E-state index contributed by atoms with van der Waals surface area (Å²) in [5.41, 5.74) is 0.918. The Morgan fingerprint density at radius 3 is 2.62 bits per heavy atom. The number of sulfone groups is 1. The predicted molar refractivity (Wildman–Crippen MR) is 95.7 cm³/mol. The summed E-state index contributed by atoms with van der Waals surface area (Å²) in [6.45, 7) is -0.265. The van der Waals surface area contributed by atoms with Crippen molar-refractivity contribution in [3.05, 3.63) is 46.8 Å². The van der Waals surface area contributed by atoms with Crippen molar-refractivity contribution in [2.24, 2.45) is 0 Å². The second-order valence-corrected chi connectivity index (χ2v) is 8.34. The number of benzene rings is 1. The molecule has 1 saturated heterocycles. The molecule has 1 aliphatic rings. The summed E-state index contributed by atoms with van der Waals surface area (Å²) in [7, 11) is -1.51. The first kappa shape index (κ1) is 18.1. The fraction of sp³-hybridized carbons (Fsp3) is 0.353. The quantitative estimate of drug-likeness (QED) is 0.799. The highest BCUT2D eigenvalue weighted by molar-refractivity contribution is 7.91. The molecule has 0 aliphatic carbocycles. The third kappa shape index (κ3) is 4.29. The third-order valence-corrected chi connectivity index (χ3v) is 5.91. The first-order valence-corrected chi connectivity index (χ1v) is 9.91. The number of amides is 1. The molecular weight excluding hydrogens is 358 g/mol. The summed E-state index contributed by atoms with van der Waals surface area (Å²) in [5.74, 6) is 0.275. The van der Waals surface area contributed by atoms with Gasteiger partial charge in [-0.3, -0.25) is 9.59 Å². The van der Waals surface area contributed by atoms with Crippen LogP contribution < -0.4 is 15.6 Å². The van der Waals surface area contributed by atoms with Crippen LogP contribution in [-0.2, 0) is 21.2 Å². The molecule has 1 aliphatic heterocycles. The lowest BCUT2D eigenvalue weighted by molar-refractivity contribution is -0.122. The molecule has 1 aromatic carbocycles. The van der Waals surface area contributed by atoms with Crippen LogP contribution in [0.4, 0.5) is 0 Å². The van der Waals surface area contributed by atoms with Crippen LogP contribution in [0.3, 0.4) is 0 Å². The van der Waals surface area contributed by atoms with E-state index in [0.29, 0.717) is 17.9 Å². The minimum Gasteiger partial charge on any atom is -0.497 e. The Kier molecular flexibility index (Phi) is 5.08. The number of nitrogens with zero attached hydrogens (tertiary/aromatic N) is 2. The van der Waals surface area contributed by atoms with E-state index >= 15 is 0 Å². The van der Waals surface area contributed by atoms with Gasteiger partial charge in [-0.05, 0) is 36.8 Å². The molecule has 26 heavy (non-hydrogen) atoms. The summed E-state index contributed by atoms with van der Waals surface area (Å²) in [5, 5.41) is 6.88. The van der Waals surface area contributed by atoms with Gasteiger partial charge in [0.2, 0.25) is 5.91 Å². The maximum absolute atomic E-state index is 12.1. The second kappa shape index (κ2) is 7.28. The monoisotopic (exact) mass is 377 g/mol. The van der Waals surface area contributed by atoms with Crippen molar-refractivity contribution < 1.29 is 17.9 Å². The van der Waals surface area contributed by atoms with E-state index in [-0.39, 0.29) is 18.1 Å². The molecule has 3 rings (SSSR count). The molecule has 0 spiro atoms. The zero-order chi connectivity index (χ0) is 18.7. The fourth-order valence-corrected chi connectivity index (χ4v) is 4.47. The predicted octanol–water partition coefficient (Wildman–Crippen LogP) is 0.222. The van der Waals surface area contributed by atoms with E-state index in [0.717, 1.165) is 10.2 Å². The van der Waals surface area contributed by atoms with E-state index in [4.69, 9.17) is 4.74 Å². The van der Waals surface area contributed by atoms with Gasteiger partial charge in [-0.25, -0.2) is 13.1 Å². The van der Waals surface area contributed by atoms with Gasteiger partial charge in [0.15, 0.2) is 9.84 Å². The third-order valence-electron chi connectivity index (χ3n) is 4.14. The van der Waals surface area contributed by atoms with E-state index in [1.54, 1.807) is 37.4 Å². The van der Waals surface area contributed by atoms with E-state index in [1.165, 1.54) is 6.07 Å². The number of carbonyl (C=O) groups excluding carboxylic acids is 1. The lowest BCUT2D eigenvalue weighted by atomic mass is 10.1. The first-order valence-electron chi connectivity index (χ1n) is 8.09. The molecule has 138 valence electrons. The van der Waals surface area contributed by atoms with Gasteiger partial charge in [0.05, 0.1) is 24.3 Å². The zero-order valence-electron chi connectivity index (χ0n) is 14.2. The minimum atomic E-state index is -3.08. The highest BCUT2D eigenvalue weighted by atomic mass is 32.2. The summed E-state index contributed by atoms with van der Waals surface area (Å²) >= 11 is 0. The number of hydrogen-bond acceptors (Lipinski definition) is 6. The number of ether oxygens (including phenoxy) is 1. The van der Waals surface area contributed by atoms with E-state index in [2.05, 4.69) is 10.4 Å². The van der Waals surface area contributed by atoms with Crippen molar-refractivity contribution >= 4 is 15.7 Å². The number of methoxy groups -OCH3 is 1. The molecule has 2 heterocycles. The Morgan fingerprint density at radius 1 is 1.27 bits per heavy atom. The average Bonchev–Trinajstić information content (AvgIpc) is 2.95. The molecule has 0 bridgehead atoms. The van der Waals surface area contributed by atoms with Crippen molar-refractivity contribution in [1.82, 2.24) is 15.1 Å². The van der Waals surface area contributed by atoms with Gasteiger partial charge in [-0.2, -0.15) is 5.10 Å². The van der Waals surface area contributed by atoms with Gasteiger partial charge in [0.25, 0.3) is 5.56 Å². The molecule has 1 fully saturated rings. The zero-order valence-corrected chi connectivity index (χ0v) is 15.0. The van der Waals surface area contributed by atoms with E-state index < -0.39 is 27.3 Å². The largest absolute Gasteiger partial charge is 0.497 e. The molecular formula is C17H19N3O5S. The number of rotatable bonds is 5. The number of carbonyl (C=O) groups is 1. The molecule has 8 nitrogen and oxygen atoms in total. The van der Waals surface area contributed by atoms with Crippen LogP contribution in [0.25, 0.3) is 11.3 Å². The maximum Gasteiger partial charge on any atom is 0.267 e. The normalized spacial score (nSPS) is 18.4. The van der Waals surface area contributed by atoms with Crippen molar-refractivity contribution in [3.8, 4) is 17.0 Å². The van der Waals surface area contributed by atoms with Crippen LogP contribution in [0.5, 0.6) is 5.75 Å². The van der Waals surface area contributed by atoms with Gasteiger partial charge >= 0.3 is 0 Å². The highest BCUT2D eigenvalue weighted by Gasteiger charge is 2.28. The summed E-state index contributed by atoms with van der Waals surface area (Å²) < 4.78 is 29.1. The van der Waals surface area contributed by atoms with Crippen LogP contribution >= 0.6 is 0 Å². The number of aromatic nitrogens is 2. The Balaban J connectivity index is 1.73. The Hall–Kier alpha value is -2.68. The minimum absolute atomic E-state index is 0.0625. The lowest BCUT2D eigenvalue weighted by Crippen LogP contribution is -2.40. The van der Waals surface area contributed by atoms with Gasteiger partial charge in [0, 0.05) is 17.7 Å². The van der Waals surface area contributed by atoms with Crippen LogP contribution in [0.15, 0.2) is 41.2 Å². The molecule has 1 amide bonds. The summed E-state index contributed by atoms with van der Waals surface area (Å²) in [6, 6.07) is 9.69. The maximum atomic E-state index is 12.1. The molecule has 0 radical (unpaired) electrons. The first-order chi connectivity index (χ1) is 12.4. The topological polar surface area (TPSA) is 107 Å². The van der Waals surface area contributed by atoms with Gasteiger partial charge in [0.1, 0.15) is 12.3 Å². The van der Waals surface area contributed by atoms with Crippen LogP contribution in [0.1, 0.15) is 6.42 Å². The van der Waals surface area contributed by atoms with Crippen molar-refractivity contribution in [3.63, 3.8) is 0 Å². The molecule has 1 N–H and O–H groups in total. The van der Waals surface area contributed by atoms with Crippen LogP contribution in [0.2, 0.25) is 0 Å². The number of nitrogens with one attached hydrogen (secondary N) is 1. The number of hydrogen-bond donors (Lipinski definition) is 1. The molecule has 2 aromatic rings. The van der Waals surface area contributed by atoms with Crippen molar-refractivity contribution in [1.29, 1.82) is 0 Å². The molecule has 0 saturated carbocycles. The lowest BCUT2D eigenvalue weighted by Gasteiger charge is -2.12. The van der Waals surface area contributed by atoms with Gasteiger partial charge in [-0.15, -0.1) is 0 Å². The van der Waals surface area contributed by atoms with Crippen molar-refractivity contribution in [2.45, 2.75) is 19.0 Å². The molecule has 9 heteroatoms. The Labute approximate surface area is 150 Å². The molecule has 0 unspecified atom stereocenters. The Morgan fingerprint density at radius 2 is 2.00 bits per heavy atom. The smallest absolute Gasteiger partial charge is 0.267 e. The molecule has 1 atom stereocenters. The Bertz CT molecular complexity index is 967. The average molecular weight is 377 g/mol. The summed E-state index contributed by atoms with van der Waals surface area (Å²) in [4.78, 5) is 24.1.